The maximum Gasteiger partial charge on any atom is 0.326 e. The Morgan fingerprint density at radius 1 is 1.16 bits per heavy atom. The van der Waals surface area contributed by atoms with Crippen molar-refractivity contribution >= 4 is 27.8 Å². The first-order chi connectivity index (χ1) is 12.0. The Kier molecular flexibility index (Phi) is 7.66. The zero-order valence-electron chi connectivity index (χ0n) is 13.9. The average Bonchev–Trinajstić information content (AvgIpc) is 3.10. The standard InChI is InChI=1S/C18H22BrN3O3/c19-15-8-5-13(6-9-15)3-1-2-4-17(23)22-16(18(24)25)10-7-14-11-20-21-12-14/h5-6,8-9,11-12,16H,1-4,7,10H2,(H,20,21)(H,22,23)(H,24,25). The van der Waals surface area contributed by atoms with Crippen molar-refractivity contribution in [1.82, 2.24) is 15.5 Å². The van der Waals surface area contributed by atoms with Gasteiger partial charge in [0.1, 0.15) is 6.04 Å². The van der Waals surface area contributed by atoms with Crippen LogP contribution in [0.5, 0.6) is 0 Å². The van der Waals surface area contributed by atoms with E-state index in [9.17, 15) is 14.7 Å². The van der Waals surface area contributed by atoms with E-state index in [-0.39, 0.29) is 5.91 Å². The SMILES string of the molecule is O=C(CCCCc1ccc(Br)cc1)NC(CCc1cn[nH]c1)C(=O)O. The number of aromatic nitrogens is 2. The zero-order chi connectivity index (χ0) is 18.1. The molecule has 0 radical (unpaired) electrons. The fourth-order valence-corrected chi connectivity index (χ4v) is 2.78. The molecule has 25 heavy (non-hydrogen) atoms. The summed E-state index contributed by atoms with van der Waals surface area (Å²) < 4.78 is 1.05. The molecule has 1 heterocycles. The highest BCUT2D eigenvalue weighted by atomic mass is 79.9. The third-order valence-electron chi connectivity index (χ3n) is 3.94. The molecule has 0 aliphatic rings. The lowest BCUT2D eigenvalue weighted by Crippen LogP contribution is -2.41. The second-order valence-corrected chi connectivity index (χ2v) is 6.85. The molecule has 0 aliphatic heterocycles. The number of carboxylic acids is 1. The van der Waals surface area contributed by atoms with E-state index < -0.39 is 12.0 Å². The Balaban J connectivity index is 1.67. The second-order valence-electron chi connectivity index (χ2n) is 5.94. The van der Waals surface area contributed by atoms with Crippen LogP contribution in [0.1, 0.15) is 36.8 Å². The molecule has 3 N–H and O–H groups in total. The lowest BCUT2D eigenvalue weighted by atomic mass is 10.1. The lowest BCUT2D eigenvalue weighted by molar-refractivity contribution is -0.142. The topological polar surface area (TPSA) is 95.1 Å². The number of hydrogen-bond donors (Lipinski definition) is 3. The van der Waals surface area contributed by atoms with Crippen LogP contribution in [0.25, 0.3) is 0 Å². The van der Waals surface area contributed by atoms with Gasteiger partial charge in [-0.05, 0) is 55.4 Å². The van der Waals surface area contributed by atoms with E-state index in [0.717, 1.165) is 29.3 Å². The van der Waals surface area contributed by atoms with Gasteiger partial charge in [-0.2, -0.15) is 5.10 Å². The fraction of sp³-hybridized carbons (Fsp3) is 0.389. The molecule has 2 aromatic rings. The average molecular weight is 408 g/mol. The number of amides is 1. The van der Waals surface area contributed by atoms with Gasteiger partial charge in [0.05, 0.1) is 6.20 Å². The zero-order valence-corrected chi connectivity index (χ0v) is 15.5. The molecule has 7 heteroatoms. The van der Waals surface area contributed by atoms with Gasteiger partial charge in [-0.15, -0.1) is 0 Å². The molecule has 1 amide bonds. The molecule has 2 rings (SSSR count). The highest BCUT2D eigenvalue weighted by Crippen LogP contribution is 2.13. The maximum atomic E-state index is 12.0. The third-order valence-corrected chi connectivity index (χ3v) is 4.47. The molecule has 1 aromatic heterocycles. The minimum Gasteiger partial charge on any atom is -0.480 e. The normalized spacial score (nSPS) is 11.9. The number of hydrogen-bond acceptors (Lipinski definition) is 3. The number of halogens is 1. The van der Waals surface area contributed by atoms with E-state index in [0.29, 0.717) is 19.3 Å². The number of benzene rings is 1. The number of carboxylic acid groups (broad SMARTS) is 1. The minimum atomic E-state index is -1.01. The number of unbranched alkanes of at least 4 members (excludes halogenated alkanes) is 1. The number of carbonyl (C=O) groups excluding carboxylic acids is 1. The van der Waals surface area contributed by atoms with E-state index in [4.69, 9.17) is 0 Å². The van der Waals surface area contributed by atoms with Crippen molar-refractivity contribution in [3.05, 3.63) is 52.3 Å². The number of aliphatic carboxylic acids is 1. The number of nitrogens with zero attached hydrogens (tertiary/aromatic N) is 1. The third kappa shape index (κ3) is 7.09. The first-order valence-electron chi connectivity index (χ1n) is 8.29. The number of aryl methyl sites for hydroxylation is 2. The summed E-state index contributed by atoms with van der Waals surface area (Å²) in [5.74, 6) is -1.22. The molecule has 0 aliphatic carbocycles. The Morgan fingerprint density at radius 2 is 1.92 bits per heavy atom. The van der Waals surface area contributed by atoms with Gasteiger partial charge in [-0.1, -0.05) is 28.1 Å². The van der Waals surface area contributed by atoms with Gasteiger partial charge in [-0.25, -0.2) is 4.79 Å². The highest BCUT2D eigenvalue weighted by Gasteiger charge is 2.19. The van der Waals surface area contributed by atoms with Gasteiger partial charge in [0.2, 0.25) is 5.91 Å². The molecule has 1 atom stereocenters. The molecular formula is C18H22BrN3O3. The summed E-state index contributed by atoms with van der Waals surface area (Å²) in [6.07, 6.45) is 7.15. The van der Waals surface area contributed by atoms with Crippen molar-refractivity contribution in [3.63, 3.8) is 0 Å². The summed E-state index contributed by atoms with van der Waals surface area (Å²) in [6.45, 7) is 0. The van der Waals surface area contributed by atoms with Crippen LogP contribution < -0.4 is 5.32 Å². The molecule has 0 spiro atoms. The first kappa shape index (κ1) is 19.2. The van der Waals surface area contributed by atoms with E-state index in [2.05, 4.69) is 43.6 Å². The van der Waals surface area contributed by atoms with E-state index in [1.807, 2.05) is 12.1 Å². The molecule has 0 saturated heterocycles. The molecule has 6 nitrogen and oxygen atoms in total. The largest absolute Gasteiger partial charge is 0.480 e. The number of carbonyl (C=O) groups is 2. The van der Waals surface area contributed by atoms with Gasteiger partial charge in [0.15, 0.2) is 0 Å². The van der Waals surface area contributed by atoms with Crippen molar-refractivity contribution in [2.45, 2.75) is 44.6 Å². The Labute approximate surface area is 155 Å². The summed E-state index contributed by atoms with van der Waals surface area (Å²) in [7, 11) is 0. The Bertz CT molecular complexity index is 671. The van der Waals surface area contributed by atoms with Gasteiger partial charge >= 0.3 is 5.97 Å². The van der Waals surface area contributed by atoms with E-state index in [1.165, 1.54) is 5.56 Å². The lowest BCUT2D eigenvalue weighted by Gasteiger charge is -2.14. The minimum absolute atomic E-state index is 0.213. The number of nitrogens with one attached hydrogen (secondary N) is 2. The van der Waals surface area contributed by atoms with Crippen LogP contribution in [0.15, 0.2) is 41.1 Å². The Morgan fingerprint density at radius 3 is 2.56 bits per heavy atom. The molecule has 1 aromatic carbocycles. The number of H-pyrrole nitrogens is 1. The highest BCUT2D eigenvalue weighted by molar-refractivity contribution is 9.10. The van der Waals surface area contributed by atoms with Gasteiger partial charge in [0, 0.05) is 17.1 Å². The van der Waals surface area contributed by atoms with Crippen molar-refractivity contribution in [1.29, 1.82) is 0 Å². The van der Waals surface area contributed by atoms with Gasteiger partial charge < -0.3 is 10.4 Å². The Hall–Kier alpha value is -2.15. The van der Waals surface area contributed by atoms with Crippen molar-refractivity contribution < 1.29 is 14.7 Å². The molecule has 134 valence electrons. The van der Waals surface area contributed by atoms with Crippen LogP contribution in [0.3, 0.4) is 0 Å². The fourth-order valence-electron chi connectivity index (χ4n) is 2.51. The predicted molar refractivity (Wildman–Crippen MR) is 98.2 cm³/mol. The van der Waals surface area contributed by atoms with Crippen LogP contribution in [0.4, 0.5) is 0 Å². The summed E-state index contributed by atoms with van der Waals surface area (Å²) in [4.78, 5) is 23.3. The number of rotatable bonds is 10. The van der Waals surface area contributed by atoms with Crippen molar-refractivity contribution in [3.8, 4) is 0 Å². The molecule has 0 fully saturated rings. The van der Waals surface area contributed by atoms with Crippen LogP contribution in [0.2, 0.25) is 0 Å². The molecular weight excluding hydrogens is 386 g/mol. The monoisotopic (exact) mass is 407 g/mol. The predicted octanol–water partition coefficient (Wildman–Crippen LogP) is 3.09. The van der Waals surface area contributed by atoms with Gasteiger partial charge in [-0.3, -0.25) is 9.89 Å². The molecule has 0 saturated carbocycles. The van der Waals surface area contributed by atoms with Gasteiger partial charge in [0.25, 0.3) is 0 Å². The van der Waals surface area contributed by atoms with Crippen molar-refractivity contribution in [2.24, 2.45) is 0 Å². The summed E-state index contributed by atoms with van der Waals surface area (Å²) in [5, 5.41) is 18.4. The van der Waals surface area contributed by atoms with Crippen LogP contribution in [-0.2, 0) is 22.4 Å². The smallest absolute Gasteiger partial charge is 0.326 e. The first-order valence-corrected chi connectivity index (χ1v) is 9.08. The number of aromatic amines is 1. The van der Waals surface area contributed by atoms with E-state index >= 15 is 0 Å². The quantitative estimate of drug-likeness (QED) is 0.527. The summed E-state index contributed by atoms with van der Waals surface area (Å²) >= 11 is 3.40. The van der Waals surface area contributed by atoms with Crippen LogP contribution >= 0.6 is 15.9 Å². The van der Waals surface area contributed by atoms with E-state index in [1.54, 1.807) is 12.4 Å². The van der Waals surface area contributed by atoms with Crippen LogP contribution in [0, 0.1) is 0 Å². The maximum absolute atomic E-state index is 12.0. The van der Waals surface area contributed by atoms with Crippen LogP contribution in [-0.4, -0.2) is 33.2 Å². The molecule has 1 unspecified atom stereocenters. The summed E-state index contributed by atoms with van der Waals surface area (Å²) in [5.41, 5.74) is 2.15. The second kappa shape index (κ2) is 9.98. The summed E-state index contributed by atoms with van der Waals surface area (Å²) in [6, 6.07) is 7.24. The van der Waals surface area contributed by atoms with Crippen molar-refractivity contribution in [2.75, 3.05) is 0 Å². The molecule has 0 bridgehead atoms.